The number of ether oxygens (including phenoxy) is 1. The minimum absolute atomic E-state index is 0.0587. The van der Waals surface area contributed by atoms with Crippen LogP contribution in [0.25, 0.3) is 10.9 Å². The van der Waals surface area contributed by atoms with Crippen molar-refractivity contribution >= 4 is 56.0 Å². The van der Waals surface area contributed by atoms with Crippen LogP contribution in [0.4, 0.5) is 0 Å². The summed E-state index contributed by atoms with van der Waals surface area (Å²) in [4.78, 5) is 39.4. The van der Waals surface area contributed by atoms with Gasteiger partial charge in [-0.3, -0.25) is 14.4 Å². The fourth-order valence-corrected chi connectivity index (χ4v) is 5.01. The van der Waals surface area contributed by atoms with Crippen LogP contribution >= 0.6 is 27.5 Å². The standard InChI is InChI=1S/C28H29BrClN3O4/c1-3-22(37-23-7-5-6-20(30)12-23)13-31-28(36)25-17-32(26-9-8-19(29)11-24(25)26)16-21(34)10-18-14-33(15-18)27(35)4-2/h4-9,11-12,17-18,22H,2-3,10,13-16H2,1H3,(H,31,36). The van der Waals surface area contributed by atoms with Crippen LogP contribution in [-0.4, -0.2) is 52.8 Å². The van der Waals surface area contributed by atoms with Gasteiger partial charge in [0.25, 0.3) is 5.91 Å². The lowest BCUT2D eigenvalue weighted by Crippen LogP contribution is -2.50. The van der Waals surface area contributed by atoms with Gasteiger partial charge in [0.1, 0.15) is 11.9 Å². The van der Waals surface area contributed by atoms with E-state index in [4.69, 9.17) is 16.3 Å². The van der Waals surface area contributed by atoms with E-state index >= 15 is 0 Å². The molecule has 1 unspecified atom stereocenters. The lowest BCUT2D eigenvalue weighted by atomic mass is 9.94. The highest BCUT2D eigenvalue weighted by molar-refractivity contribution is 9.10. The first-order chi connectivity index (χ1) is 17.8. The number of ketones is 1. The molecule has 4 rings (SSSR count). The molecule has 1 aliphatic heterocycles. The largest absolute Gasteiger partial charge is 0.489 e. The maximum atomic E-state index is 13.2. The van der Waals surface area contributed by atoms with Gasteiger partial charge in [-0.2, -0.15) is 0 Å². The smallest absolute Gasteiger partial charge is 0.253 e. The van der Waals surface area contributed by atoms with Gasteiger partial charge in [-0.25, -0.2) is 0 Å². The Morgan fingerprint density at radius 3 is 2.73 bits per heavy atom. The van der Waals surface area contributed by atoms with Gasteiger partial charge in [-0.05, 0) is 48.9 Å². The van der Waals surface area contributed by atoms with Gasteiger partial charge >= 0.3 is 0 Å². The molecule has 0 spiro atoms. The van der Waals surface area contributed by atoms with Gasteiger partial charge in [-0.1, -0.05) is 47.1 Å². The van der Waals surface area contributed by atoms with Crippen LogP contribution in [0.1, 0.15) is 30.1 Å². The van der Waals surface area contributed by atoms with Crippen molar-refractivity contribution in [2.75, 3.05) is 19.6 Å². The number of carbonyl (C=O) groups excluding carboxylic acids is 3. The Hall–Kier alpha value is -3.10. The average molecular weight is 587 g/mol. The highest BCUT2D eigenvalue weighted by Crippen LogP contribution is 2.27. The second-order valence-electron chi connectivity index (χ2n) is 9.20. The molecule has 2 aromatic carbocycles. The van der Waals surface area contributed by atoms with Gasteiger partial charge in [0.05, 0.1) is 18.7 Å². The van der Waals surface area contributed by atoms with Crippen LogP contribution in [0.15, 0.2) is 65.8 Å². The highest BCUT2D eigenvalue weighted by Gasteiger charge is 2.31. The van der Waals surface area contributed by atoms with Gasteiger partial charge in [0, 0.05) is 52.0 Å². The quantitative estimate of drug-likeness (QED) is 0.311. The van der Waals surface area contributed by atoms with E-state index < -0.39 is 0 Å². The molecule has 2 amide bonds. The summed E-state index contributed by atoms with van der Waals surface area (Å²) in [6, 6.07) is 12.8. The van der Waals surface area contributed by atoms with E-state index in [2.05, 4.69) is 27.8 Å². The Morgan fingerprint density at radius 1 is 1.24 bits per heavy atom. The predicted octanol–water partition coefficient (Wildman–Crippen LogP) is 5.25. The van der Waals surface area contributed by atoms with Crippen molar-refractivity contribution in [1.82, 2.24) is 14.8 Å². The molecule has 0 radical (unpaired) electrons. The maximum Gasteiger partial charge on any atom is 0.253 e. The third kappa shape index (κ3) is 6.62. The van der Waals surface area contributed by atoms with Crippen LogP contribution in [0.5, 0.6) is 5.75 Å². The van der Waals surface area contributed by atoms with E-state index in [1.54, 1.807) is 23.2 Å². The molecule has 2 heterocycles. The summed E-state index contributed by atoms with van der Waals surface area (Å²) in [5.74, 6) is 0.518. The van der Waals surface area contributed by atoms with Crippen molar-refractivity contribution < 1.29 is 19.1 Å². The summed E-state index contributed by atoms with van der Waals surface area (Å²) in [6.45, 7) is 7.11. The number of halogens is 2. The third-order valence-electron chi connectivity index (χ3n) is 6.44. The minimum Gasteiger partial charge on any atom is -0.489 e. The Balaban J connectivity index is 1.42. The molecule has 9 heteroatoms. The Bertz CT molecular complexity index is 1330. The second kappa shape index (κ2) is 12.0. The molecule has 1 atom stereocenters. The van der Waals surface area contributed by atoms with Crippen molar-refractivity contribution in [3.05, 3.63) is 76.4 Å². The first-order valence-electron chi connectivity index (χ1n) is 12.2. The second-order valence-corrected chi connectivity index (χ2v) is 10.6. The van der Waals surface area contributed by atoms with Crippen LogP contribution < -0.4 is 10.1 Å². The molecule has 194 valence electrons. The number of aromatic nitrogens is 1. The number of carbonyl (C=O) groups is 3. The highest BCUT2D eigenvalue weighted by atomic mass is 79.9. The molecule has 3 aromatic rings. The maximum absolute atomic E-state index is 13.2. The number of hydrogen-bond acceptors (Lipinski definition) is 4. The van der Waals surface area contributed by atoms with E-state index in [1.165, 1.54) is 6.08 Å². The van der Waals surface area contributed by atoms with Crippen molar-refractivity contribution in [1.29, 1.82) is 0 Å². The fraction of sp³-hybridized carbons (Fsp3) is 0.321. The van der Waals surface area contributed by atoms with Crippen LogP contribution in [0.3, 0.4) is 0 Å². The zero-order valence-corrected chi connectivity index (χ0v) is 22.9. The Kier molecular flexibility index (Phi) is 8.71. The summed E-state index contributed by atoms with van der Waals surface area (Å²) in [6.07, 6.45) is 3.89. The fourth-order valence-electron chi connectivity index (χ4n) is 4.47. The molecule has 7 nitrogen and oxygen atoms in total. The van der Waals surface area contributed by atoms with E-state index in [1.807, 2.05) is 41.8 Å². The zero-order chi connectivity index (χ0) is 26.5. The molecule has 1 fully saturated rings. The summed E-state index contributed by atoms with van der Waals surface area (Å²) in [5, 5.41) is 4.32. The molecule has 1 aromatic heterocycles. The number of Topliss-reactive ketones (excluding diaryl/α,β-unsaturated/α-hetero) is 1. The number of likely N-dealkylation sites (tertiary alicyclic amines) is 1. The average Bonchev–Trinajstić information content (AvgIpc) is 3.20. The predicted molar refractivity (Wildman–Crippen MR) is 148 cm³/mol. The van der Waals surface area contributed by atoms with E-state index in [0.717, 1.165) is 15.4 Å². The van der Waals surface area contributed by atoms with Gasteiger partial charge in [0.15, 0.2) is 5.78 Å². The first kappa shape index (κ1) is 26.9. The number of fused-ring (bicyclic) bond motifs is 1. The zero-order valence-electron chi connectivity index (χ0n) is 20.6. The number of benzene rings is 2. The van der Waals surface area contributed by atoms with Crippen LogP contribution in [-0.2, 0) is 16.1 Å². The van der Waals surface area contributed by atoms with E-state index in [0.29, 0.717) is 48.8 Å². The topological polar surface area (TPSA) is 80.6 Å². The van der Waals surface area contributed by atoms with Crippen molar-refractivity contribution in [3.63, 3.8) is 0 Å². The number of amides is 2. The Morgan fingerprint density at radius 2 is 2.03 bits per heavy atom. The van der Waals surface area contributed by atoms with Gasteiger partial charge in [-0.15, -0.1) is 0 Å². The third-order valence-corrected chi connectivity index (χ3v) is 7.17. The van der Waals surface area contributed by atoms with Crippen molar-refractivity contribution in [2.45, 2.75) is 32.4 Å². The molecular formula is C28H29BrClN3O4. The van der Waals surface area contributed by atoms with Crippen LogP contribution in [0, 0.1) is 5.92 Å². The molecule has 0 saturated carbocycles. The van der Waals surface area contributed by atoms with Gasteiger partial charge in [0.2, 0.25) is 5.91 Å². The van der Waals surface area contributed by atoms with E-state index in [9.17, 15) is 14.4 Å². The summed E-state index contributed by atoms with van der Waals surface area (Å²) in [7, 11) is 0. The molecule has 0 bridgehead atoms. The molecule has 1 saturated heterocycles. The SMILES string of the molecule is C=CC(=O)N1CC(CC(=O)Cn2cc(C(=O)NCC(CC)Oc3cccc(Cl)c3)c3cc(Br)ccc32)C1. The lowest BCUT2D eigenvalue weighted by molar-refractivity contribution is -0.134. The number of rotatable bonds is 11. The molecule has 1 N–H and O–H groups in total. The number of nitrogens with one attached hydrogen (secondary N) is 1. The Labute approximate surface area is 229 Å². The van der Waals surface area contributed by atoms with Crippen LogP contribution in [0.2, 0.25) is 5.02 Å². The van der Waals surface area contributed by atoms with Gasteiger partial charge < -0.3 is 19.5 Å². The number of hydrogen-bond donors (Lipinski definition) is 1. The summed E-state index contributed by atoms with van der Waals surface area (Å²) < 4.78 is 8.66. The number of nitrogens with zero attached hydrogens (tertiary/aromatic N) is 2. The monoisotopic (exact) mass is 585 g/mol. The lowest BCUT2D eigenvalue weighted by Gasteiger charge is -2.38. The summed E-state index contributed by atoms with van der Waals surface area (Å²) in [5.41, 5.74) is 1.30. The molecule has 0 aliphatic carbocycles. The van der Waals surface area contributed by atoms with E-state index in [-0.39, 0.29) is 36.2 Å². The molecular weight excluding hydrogens is 558 g/mol. The first-order valence-corrected chi connectivity index (χ1v) is 13.4. The van der Waals surface area contributed by atoms with Crippen molar-refractivity contribution in [2.24, 2.45) is 5.92 Å². The normalized spacial score (nSPS) is 14.2. The minimum atomic E-state index is -0.236. The van der Waals surface area contributed by atoms with Crippen molar-refractivity contribution in [3.8, 4) is 5.75 Å². The summed E-state index contributed by atoms with van der Waals surface area (Å²) >= 11 is 9.54. The molecule has 1 aliphatic rings. The molecule has 37 heavy (non-hydrogen) atoms.